The van der Waals surface area contributed by atoms with Crippen molar-refractivity contribution in [2.24, 2.45) is 0 Å². The smallest absolute Gasteiger partial charge is 0.340 e. The van der Waals surface area contributed by atoms with Crippen molar-refractivity contribution in [1.29, 1.82) is 0 Å². The number of ether oxygens (including phenoxy) is 2. The molecule has 0 unspecified atom stereocenters. The molecule has 0 aliphatic carbocycles. The summed E-state index contributed by atoms with van der Waals surface area (Å²) in [5.74, 6) is -1.29. The minimum Gasteiger partial charge on any atom is -0.465 e. The summed E-state index contributed by atoms with van der Waals surface area (Å²) < 4.78 is 55.8. The lowest BCUT2D eigenvalue weighted by Gasteiger charge is -2.19. The highest BCUT2D eigenvalue weighted by Gasteiger charge is 2.28. The van der Waals surface area contributed by atoms with Gasteiger partial charge >= 0.3 is 5.97 Å². The van der Waals surface area contributed by atoms with E-state index < -0.39 is 29.9 Å². The Bertz CT molecular complexity index is 1920. The van der Waals surface area contributed by atoms with Gasteiger partial charge in [-0.15, -0.1) is 0 Å². The van der Waals surface area contributed by atoms with Crippen LogP contribution in [-0.4, -0.2) is 49.7 Å². The predicted molar refractivity (Wildman–Crippen MR) is 168 cm³/mol. The van der Waals surface area contributed by atoms with Crippen molar-refractivity contribution in [2.45, 2.75) is 37.3 Å². The van der Waals surface area contributed by atoms with E-state index in [0.29, 0.717) is 28.9 Å². The lowest BCUT2D eigenvalue weighted by atomic mass is 10.1. The number of pyridine rings is 1. The van der Waals surface area contributed by atoms with Crippen LogP contribution in [0.1, 0.15) is 10.4 Å². The van der Waals surface area contributed by atoms with Crippen LogP contribution in [0.25, 0.3) is 33.5 Å². The van der Waals surface area contributed by atoms with Crippen molar-refractivity contribution in [3.8, 4) is 22.5 Å². The first-order valence-corrected chi connectivity index (χ1v) is 19.1. The highest BCUT2D eigenvalue weighted by atomic mass is 35.5. The zero-order valence-electron chi connectivity index (χ0n) is 24.2. The molecule has 224 valence electrons. The van der Waals surface area contributed by atoms with E-state index in [9.17, 15) is 17.6 Å². The minimum atomic E-state index is -3.94. The maximum Gasteiger partial charge on any atom is 0.340 e. The lowest BCUT2D eigenvalue weighted by Crippen LogP contribution is -2.22. The molecule has 43 heavy (non-hydrogen) atoms. The molecule has 0 atom stereocenters. The second-order valence-corrected chi connectivity index (χ2v) is 19.0. The van der Waals surface area contributed by atoms with Crippen molar-refractivity contribution >= 4 is 46.7 Å². The summed E-state index contributed by atoms with van der Waals surface area (Å²) in [5.41, 5.74) is 2.08. The maximum atomic E-state index is 14.7. The number of hydrogen-bond acceptors (Lipinski definition) is 6. The monoisotopic (exact) mass is 639 g/mol. The first-order chi connectivity index (χ1) is 20.4. The molecule has 0 aliphatic heterocycles. The van der Waals surface area contributed by atoms with Gasteiger partial charge in [0.15, 0.2) is 5.65 Å². The highest BCUT2D eigenvalue weighted by Crippen LogP contribution is 2.40. The van der Waals surface area contributed by atoms with Crippen LogP contribution in [0.3, 0.4) is 0 Å². The Morgan fingerprint density at radius 1 is 1.02 bits per heavy atom. The maximum absolute atomic E-state index is 14.7. The molecule has 5 rings (SSSR count). The molecule has 0 spiro atoms. The lowest BCUT2D eigenvalue weighted by molar-refractivity contribution is 0.0600. The van der Waals surface area contributed by atoms with Gasteiger partial charge in [0.05, 0.1) is 34.0 Å². The minimum absolute atomic E-state index is 0.0197. The van der Waals surface area contributed by atoms with Gasteiger partial charge < -0.3 is 14.0 Å². The van der Waals surface area contributed by atoms with Crippen molar-refractivity contribution < 1.29 is 27.1 Å². The largest absolute Gasteiger partial charge is 0.465 e. The Morgan fingerprint density at radius 2 is 1.77 bits per heavy atom. The van der Waals surface area contributed by atoms with Crippen molar-refractivity contribution in [2.75, 3.05) is 13.7 Å². The SMILES string of the molecule is COC(=O)c1cc(-c2ccnc3c2ccn3S(=O)(=O)c2ccccc2)n(COCC[Si](C)(C)C)c1-c1cccc(F)c1Cl. The number of esters is 1. The van der Waals surface area contributed by atoms with Crippen LogP contribution in [0.5, 0.6) is 0 Å². The number of rotatable bonds is 10. The van der Waals surface area contributed by atoms with E-state index in [-0.39, 0.29) is 33.4 Å². The zero-order chi connectivity index (χ0) is 30.9. The van der Waals surface area contributed by atoms with Crippen LogP contribution >= 0.6 is 11.6 Å². The van der Waals surface area contributed by atoms with Gasteiger partial charge in [-0.2, -0.15) is 0 Å². The Labute approximate surface area is 255 Å². The summed E-state index contributed by atoms with van der Waals surface area (Å²) in [4.78, 5) is 17.6. The molecule has 5 aromatic rings. The van der Waals surface area contributed by atoms with Gasteiger partial charge in [-0.1, -0.05) is 61.6 Å². The quantitative estimate of drug-likeness (QED) is 0.0904. The Hall–Kier alpha value is -3.77. The molecule has 12 heteroatoms. The molecule has 3 heterocycles. The third-order valence-corrected chi connectivity index (χ3v) is 10.8. The van der Waals surface area contributed by atoms with Gasteiger partial charge in [-0.25, -0.2) is 26.6 Å². The summed E-state index contributed by atoms with van der Waals surface area (Å²) >= 11 is 6.45. The van der Waals surface area contributed by atoms with E-state index in [1.54, 1.807) is 47.0 Å². The molecule has 0 fully saturated rings. The molecule has 0 amide bonds. The third kappa shape index (κ3) is 6.03. The molecule has 3 aromatic heterocycles. The van der Waals surface area contributed by atoms with E-state index >= 15 is 0 Å². The molecule has 0 radical (unpaired) electrons. The van der Waals surface area contributed by atoms with E-state index in [2.05, 4.69) is 24.6 Å². The van der Waals surface area contributed by atoms with Crippen LogP contribution in [0.15, 0.2) is 84.0 Å². The van der Waals surface area contributed by atoms with Crippen LogP contribution in [0.2, 0.25) is 30.7 Å². The number of carbonyl (C=O) groups excluding carboxylic acids is 1. The number of methoxy groups -OCH3 is 1. The van der Waals surface area contributed by atoms with Crippen molar-refractivity contribution in [3.63, 3.8) is 0 Å². The predicted octanol–water partition coefficient (Wildman–Crippen LogP) is 7.30. The summed E-state index contributed by atoms with van der Waals surface area (Å²) in [6, 6.07) is 18.4. The highest BCUT2D eigenvalue weighted by molar-refractivity contribution is 7.90. The fourth-order valence-electron chi connectivity index (χ4n) is 4.82. The normalized spacial score (nSPS) is 12.1. The van der Waals surface area contributed by atoms with Crippen LogP contribution < -0.4 is 0 Å². The third-order valence-electron chi connectivity index (χ3n) is 7.06. The van der Waals surface area contributed by atoms with E-state index in [1.165, 1.54) is 43.8 Å². The molecule has 0 bridgehead atoms. The van der Waals surface area contributed by atoms with Crippen molar-refractivity contribution in [1.82, 2.24) is 13.5 Å². The van der Waals surface area contributed by atoms with E-state index in [1.807, 2.05) is 0 Å². The van der Waals surface area contributed by atoms with Gasteiger partial charge in [0, 0.05) is 43.6 Å². The number of fused-ring (bicyclic) bond motifs is 1. The van der Waals surface area contributed by atoms with Gasteiger partial charge in [0.2, 0.25) is 0 Å². The topological polar surface area (TPSA) is 92.4 Å². The van der Waals surface area contributed by atoms with Crippen LogP contribution in [-0.2, 0) is 26.2 Å². The summed E-state index contributed by atoms with van der Waals surface area (Å²) in [6.07, 6.45) is 2.96. The van der Waals surface area contributed by atoms with Crippen LogP contribution in [0, 0.1) is 5.82 Å². The summed E-state index contributed by atoms with van der Waals surface area (Å²) in [6.45, 7) is 7.23. The first kappa shape index (κ1) is 30.7. The van der Waals surface area contributed by atoms with E-state index in [4.69, 9.17) is 21.1 Å². The summed E-state index contributed by atoms with van der Waals surface area (Å²) in [5, 5.41) is 0.372. The number of halogens is 2. The number of hydrogen-bond donors (Lipinski definition) is 0. The molecule has 2 aromatic carbocycles. The molecular formula is C31H31ClFN3O5SSi. The molecular weight excluding hydrogens is 609 g/mol. The fraction of sp³-hybridized carbons (Fsp3) is 0.226. The van der Waals surface area contributed by atoms with Crippen LogP contribution in [0.4, 0.5) is 4.39 Å². The Morgan fingerprint density at radius 3 is 2.47 bits per heavy atom. The first-order valence-electron chi connectivity index (χ1n) is 13.5. The van der Waals surface area contributed by atoms with Gasteiger partial charge in [-0.05, 0) is 42.4 Å². The molecule has 0 N–H and O–H groups in total. The number of benzene rings is 2. The standard InChI is InChI=1S/C31H31ClFN3O5SSi/c1-40-31(37)25-19-27(35(20-41-17-18-43(2,3)4)29(25)24-11-8-12-26(33)28(24)32)22-13-15-34-30-23(22)14-16-36(30)42(38,39)21-9-6-5-7-10-21/h5-16,19H,17-18,20H2,1-4H3. The molecule has 0 aliphatic rings. The van der Waals surface area contributed by atoms with Gasteiger partial charge in [-0.3, -0.25) is 0 Å². The van der Waals surface area contributed by atoms with Crippen molar-refractivity contribution in [3.05, 3.63) is 95.5 Å². The fourth-order valence-corrected chi connectivity index (χ4v) is 7.12. The molecule has 0 saturated carbocycles. The average Bonchev–Trinajstić information content (AvgIpc) is 3.59. The second-order valence-electron chi connectivity index (χ2n) is 11.2. The number of aromatic nitrogens is 3. The van der Waals surface area contributed by atoms with Gasteiger partial charge in [0.25, 0.3) is 10.0 Å². The number of nitrogens with zero attached hydrogens (tertiary/aromatic N) is 3. The average molecular weight is 640 g/mol. The van der Waals surface area contributed by atoms with Gasteiger partial charge in [0.1, 0.15) is 12.5 Å². The number of carbonyl (C=O) groups is 1. The molecule has 0 saturated heterocycles. The Kier molecular flexibility index (Phi) is 8.62. The van der Waals surface area contributed by atoms with E-state index in [0.717, 1.165) is 10.0 Å². The summed E-state index contributed by atoms with van der Waals surface area (Å²) in [7, 11) is -4.09. The Balaban J connectivity index is 1.73. The second kappa shape index (κ2) is 12.1. The zero-order valence-corrected chi connectivity index (χ0v) is 26.7. The molecule has 8 nitrogen and oxygen atoms in total.